The molecule has 2 aromatic heterocycles. The van der Waals surface area contributed by atoms with Crippen LogP contribution in [0.2, 0.25) is 0 Å². The van der Waals surface area contributed by atoms with E-state index in [0.717, 1.165) is 74.2 Å². The first-order valence-electron chi connectivity index (χ1n) is 20.9. The van der Waals surface area contributed by atoms with Gasteiger partial charge >= 0.3 is 5.97 Å². The van der Waals surface area contributed by atoms with E-state index < -0.39 is 10.2 Å². The van der Waals surface area contributed by atoms with Gasteiger partial charge in [-0.05, 0) is 81.1 Å². The van der Waals surface area contributed by atoms with E-state index >= 15 is 0 Å². The van der Waals surface area contributed by atoms with Crippen molar-refractivity contribution in [1.29, 1.82) is 0 Å². The lowest BCUT2D eigenvalue weighted by molar-refractivity contribution is 0.0512. The van der Waals surface area contributed by atoms with Crippen LogP contribution in [0.15, 0.2) is 84.9 Å². The van der Waals surface area contributed by atoms with E-state index in [1.54, 1.807) is 14.1 Å². The van der Waals surface area contributed by atoms with Crippen molar-refractivity contribution < 1.29 is 27.4 Å². The number of hydrogen-bond donors (Lipinski definition) is 0. The number of esters is 1. The highest BCUT2D eigenvalue weighted by Crippen LogP contribution is 2.40. The topological polar surface area (TPSA) is 115 Å². The van der Waals surface area contributed by atoms with E-state index in [0.29, 0.717) is 70.2 Å². The number of ether oxygens (including phenoxy) is 3. The standard InChI is InChI=1S/C46H55N7O6S/c1-6-57-46(54)45-38(18-11-30-58-42-19-9-14-33-13-7-8-15-36(33)42)37-16-10-17-39-43-40(47-50(5)41(43)31-49(4)24-12-25-53(45)44(37)39)32-59-35-22-20-34(21-23-35)51-26-28-52(29-27-51)60(55,56)48(2)3/h7-10,13-17,19-23H,6,11-12,18,24-32H2,1-5H3. The summed E-state index contributed by atoms with van der Waals surface area (Å²) in [7, 11) is 3.81. The number of para-hydroxylation sites is 1. The van der Waals surface area contributed by atoms with Crippen molar-refractivity contribution in [2.24, 2.45) is 7.05 Å². The summed E-state index contributed by atoms with van der Waals surface area (Å²) in [5.41, 5.74) is 7.52. The number of carbonyl (C=O) groups excluding carboxylic acids is 1. The molecule has 0 bridgehead atoms. The predicted molar refractivity (Wildman–Crippen MR) is 236 cm³/mol. The Morgan fingerprint density at radius 1 is 0.833 bits per heavy atom. The molecule has 0 radical (unpaired) electrons. The molecule has 6 aromatic rings. The molecule has 0 amide bonds. The van der Waals surface area contributed by atoms with Gasteiger partial charge in [-0.15, -0.1) is 0 Å². The SMILES string of the molecule is CCOC(=O)c1c(CCCOc2cccc3ccccc23)c2cccc3c2n1CCCN(C)Cc1c-3c(COc2ccc(N3CCN(S(=O)(=O)N(C)C)CC3)cc2)nn1C. The molecule has 60 heavy (non-hydrogen) atoms. The van der Waals surface area contributed by atoms with E-state index in [1.807, 2.05) is 67.2 Å². The number of hydrogen-bond acceptors (Lipinski definition) is 9. The van der Waals surface area contributed by atoms with Gasteiger partial charge in [0.25, 0.3) is 10.2 Å². The number of piperazine rings is 1. The van der Waals surface area contributed by atoms with Crippen LogP contribution >= 0.6 is 0 Å². The molecule has 4 aromatic carbocycles. The Hall–Kier alpha value is -5.41. The molecule has 0 saturated carbocycles. The highest BCUT2D eigenvalue weighted by Gasteiger charge is 2.31. The van der Waals surface area contributed by atoms with Gasteiger partial charge in [-0.3, -0.25) is 4.68 Å². The molecule has 14 heteroatoms. The highest BCUT2D eigenvalue weighted by molar-refractivity contribution is 7.86. The summed E-state index contributed by atoms with van der Waals surface area (Å²) >= 11 is 0. The van der Waals surface area contributed by atoms with Crippen molar-refractivity contribution in [3.05, 3.63) is 108 Å². The Bertz CT molecular complexity index is 2590. The van der Waals surface area contributed by atoms with Gasteiger partial charge in [0, 0.05) is 88.0 Å². The Morgan fingerprint density at radius 2 is 1.57 bits per heavy atom. The summed E-state index contributed by atoms with van der Waals surface area (Å²) in [4.78, 5) is 18.5. The molecule has 1 saturated heterocycles. The van der Waals surface area contributed by atoms with Gasteiger partial charge in [0.2, 0.25) is 0 Å². The third-order valence-electron chi connectivity index (χ3n) is 11.7. The molecule has 4 heterocycles. The van der Waals surface area contributed by atoms with E-state index in [1.165, 1.54) is 8.61 Å². The first-order chi connectivity index (χ1) is 29.0. The minimum atomic E-state index is -3.43. The van der Waals surface area contributed by atoms with Gasteiger partial charge in [-0.2, -0.15) is 22.1 Å². The molecule has 0 aliphatic carbocycles. The number of aromatic nitrogens is 3. The zero-order valence-electron chi connectivity index (χ0n) is 35.3. The normalized spacial score (nSPS) is 15.4. The Morgan fingerprint density at radius 3 is 2.33 bits per heavy atom. The molecule has 8 rings (SSSR count). The minimum Gasteiger partial charge on any atom is -0.493 e. The van der Waals surface area contributed by atoms with Crippen molar-refractivity contribution in [3.8, 4) is 22.6 Å². The van der Waals surface area contributed by atoms with Crippen LogP contribution in [0.4, 0.5) is 5.69 Å². The molecule has 1 fully saturated rings. The highest BCUT2D eigenvalue weighted by atomic mass is 32.2. The van der Waals surface area contributed by atoms with E-state index in [9.17, 15) is 13.2 Å². The van der Waals surface area contributed by atoms with Gasteiger partial charge in [0.15, 0.2) is 0 Å². The van der Waals surface area contributed by atoms with Crippen LogP contribution in [0, 0.1) is 0 Å². The summed E-state index contributed by atoms with van der Waals surface area (Å²) < 4.78 is 50.8. The number of fused-ring (bicyclic) bond motifs is 3. The van der Waals surface area contributed by atoms with Gasteiger partial charge in [0.1, 0.15) is 29.5 Å². The average molecular weight is 834 g/mol. The zero-order valence-corrected chi connectivity index (χ0v) is 36.1. The van der Waals surface area contributed by atoms with Crippen molar-refractivity contribution in [3.63, 3.8) is 0 Å². The molecular formula is C46H55N7O6S. The fraction of sp³-hybridized carbons (Fsp3) is 0.391. The largest absolute Gasteiger partial charge is 0.493 e. The van der Waals surface area contributed by atoms with E-state index in [2.05, 4.69) is 57.8 Å². The lowest BCUT2D eigenvalue weighted by atomic mass is 9.97. The minimum absolute atomic E-state index is 0.244. The van der Waals surface area contributed by atoms with Crippen molar-refractivity contribution in [2.45, 2.75) is 45.9 Å². The smallest absolute Gasteiger partial charge is 0.355 e. The maximum absolute atomic E-state index is 14.0. The number of carbonyl (C=O) groups is 1. The summed E-state index contributed by atoms with van der Waals surface area (Å²) in [6.45, 7) is 7.15. The van der Waals surface area contributed by atoms with E-state index in [-0.39, 0.29) is 19.2 Å². The summed E-state index contributed by atoms with van der Waals surface area (Å²) in [5.74, 6) is 1.26. The summed E-state index contributed by atoms with van der Waals surface area (Å²) in [6, 6.07) is 28.7. The zero-order chi connectivity index (χ0) is 42.0. The first-order valence-corrected chi connectivity index (χ1v) is 22.3. The fourth-order valence-electron chi connectivity index (χ4n) is 8.70. The van der Waals surface area contributed by atoms with Crippen LogP contribution < -0.4 is 14.4 Å². The Balaban J connectivity index is 1.08. The number of anilines is 1. The summed E-state index contributed by atoms with van der Waals surface area (Å²) in [6.07, 6.45) is 2.21. The maximum atomic E-state index is 14.0. The number of aryl methyl sites for hydroxylation is 3. The lowest BCUT2D eigenvalue weighted by Crippen LogP contribution is -2.51. The predicted octanol–water partition coefficient (Wildman–Crippen LogP) is 6.73. The third-order valence-corrected chi connectivity index (χ3v) is 13.6. The van der Waals surface area contributed by atoms with E-state index in [4.69, 9.17) is 19.3 Å². The third kappa shape index (κ3) is 8.21. The molecule has 0 atom stereocenters. The molecular weight excluding hydrogens is 779 g/mol. The number of benzene rings is 4. The molecule has 2 aliphatic heterocycles. The molecule has 2 aliphatic rings. The molecule has 316 valence electrons. The van der Waals surface area contributed by atoms with Crippen LogP contribution in [0.5, 0.6) is 11.5 Å². The lowest BCUT2D eigenvalue weighted by Gasteiger charge is -2.36. The monoisotopic (exact) mass is 833 g/mol. The summed E-state index contributed by atoms with van der Waals surface area (Å²) in [5, 5.41) is 8.32. The second kappa shape index (κ2) is 17.7. The Kier molecular flexibility index (Phi) is 12.2. The number of rotatable bonds is 13. The first kappa shape index (κ1) is 41.3. The van der Waals surface area contributed by atoms with Gasteiger partial charge in [-0.25, -0.2) is 4.79 Å². The van der Waals surface area contributed by atoms with Gasteiger partial charge < -0.3 is 28.6 Å². The van der Waals surface area contributed by atoms with Crippen LogP contribution in [0.25, 0.3) is 32.8 Å². The molecule has 13 nitrogen and oxygen atoms in total. The van der Waals surface area contributed by atoms with Gasteiger partial charge in [0.05, 0.1) is 24.4 Å². The average Bonchev–Trinajstić information content (AvgIpc) is 3.74. The second-order valence-electron chi connectivity index (χ2n) is 15.8. The van der Waals surface area contributed by atoms with Crippen LogP contribution in [-0.2, 0) is 48.1 Å². The van der Waals surface area contributed by atoms with Gasteiger partial charge in [-0.1, -0.05) is 54.6 Å². The quantitative estimate of drug-likeness (QED) is 0.0924. The molecule has 0 unspecified atom stereocenters. The van der Waals surface area contributed by atoms with Crippen molar-refractivity contribution >= 4 is 43.5 Å². The second-order valence-corrected chi connectivity index (χ2v) is 17.9. The molecule has 0 spiro atoms. The Labute approximate surface area is 352 Å². The van der Waals surface area contributed by atoms with Crippen LogP contribution in [0.3, 0.4) is 0 Å². The van der Waals surface area contributed by atoms with Crippen LogP contribution in [0.1, 0.15) is 47.2 Å². The fourth-order valence-corrected chi connectivity index (χ4v) is 9.79. The maximum Gasteiger partial charge on any atom is 0.355 e. The van der Waals surface area contributed by atoms with Crippen LogP contribution in [-0.4, -0.2) is 109 Å². The van der Waals surface area contributed by atoms with Crippen molar-refractivity contribution in [2.75, 3.05) is 72.0 Å². The molecule has 0 N–H and O–H groups in total. The number of nitrogens with zero attached hydrogens (tertiary/aromatic N) is 7. The van der Waals surface area contributed by atoms with Crippen molar-refractivity contribution in [1.82, 2.24) is 27.9 Å².